The third kappa shape index (κ3) is 4.48. The lowest BCUT2D eigenvalue weighted by Crippen LogP contribution is -2.51. The van der Waals surface area contributed by atoms with E-state index in [1.165, 1.54) is 0 Å². The van der Waals surface area contributed by atoms with E-state index in [1.54, 1.807) is 7.11 Å². The van der Waals surface area contributed by atoms with Crippen molar-refractivity contribution >= 4 is 11.8 Å². The highest BCUT2D eigenvalue weighted by Gasteiger charge is 2.24. The smallest absolute Gasteiger partial charge is 0.253 e. The number of aryl methyl sites for hydroxylation is 2. The summed E-state index contributed by atoms with van der Waals surface area (Å²) in [6, 6.07) is 13.4. The highest BCUT2D eigenvalue weighted by atomic mass is 16.5. The standard InChI is InChI=1S/C22H26N2O3/c1-16-4-7-19(8-5-16)22(26)24-12-10-23(11-13-24)21(25)15-18-6-9-20(27-3)17(2)14-18/h4-9,14H,10-13,15H2,1-3H3. The van der Waals surface area contributed by atoms with Gasteiger partial charge in [-0.2, -0.15) is 0 Å². The van der Waals surface area contributed by atoms with E-state index >= 15 is 0 Å². The number of nitrogens with zero attached hydrogens (tertiary/aromatic N) is 2. The van der Waals surface area contributed by atoms with Crippen molar-refractivity contribution in [2.75, 3.05) is 33.3 Å². The molecule has 0 spiro atoms. The van der Waals surface area contributed by atoms with Gasteiger partial charge in [-0.25, -0.2) is 0 Å². The number of carbonyl (C=O) groups excluding carboxylic acids is 2. The molecule has 2 aromatic rings. The first-order chi connectivity index (χ1) is 13.0. The maximum atomic E-state index is 12.6. The lowest BCUT2D eigenvalue weighted by Gasteiger charge is -2.35. The molecule has 0 bridgehead atoms. The number of hydrogen-bond donors (Lipinski definition) is 0. The number of rotatable bonds is 4. The molecule has 1 fully saturated rings. The molecule has 0 unspecified atom stereocenters. The van der Waals surface area contributed by atoms with Crippen LogP contribution in [0.3, 0.4) is 0 Å². The summed E-state index contributed by atoms with van der Waals surface area (Å²) in [5.74, 6) is 0.962. The molecule has 1 saturated heterocycles. The summed E-state index contributed by atoms with van der Waals surface area (Å²) in [6.45, 7) is 6.27. The molecule has 0 radical (unpaired) electrons. The molecule has 5 heteroatoms. The summed E-state index contributed by atoms with van der Waals surface area (Å²) in [7, 11) is 1.64. The Balaban J connectivity index is 1.55. The molecule has 1 heterocycles. The zero-order chi connectivity index (χ0) is 19.4. The first kappa shape index (κ1) is 19.0. The monoisotopic (exact) mass is 366 g/mol. The number of carbonyl (C=O) groups is 2. The maximum Gasteiger partial charge on any atom is 0.253 e. The fraction of sp³-hybridized carbons (Fsp3) is 0.364. The van der Waals surface area contributed by atoms with Crippen molar-refractivity contribution in [2.45, 2.75) is 20.3 Å². The molecule has 1 aliphatic rings. The fourth-order valence-corrected chi connectivity index (χ4v) is 3.37. The zero-order valence-electron chi connectivity index (χ0n) is 16.2. The van der Waals surface area contributed by atoms with Crippen LogP contribution in [-0.2, 0) is 11.2 Å². The van der Waals surface area contributed by atoms with E-state index in [2.05, 4.69) is 0 Å². The molecule has 5 nitrogen and oxygen atoms in total. The summed E-state index contributed by atoms with van der Waals surface area (Å²) >= 11 is 0. The molecule has 0 atom stereocenters. The molecular weight excluding hydrogens is 340 g/mol. The van der Waals surface area contributed by atoms with Crippen molar-refractivity contribution in [3.63, 3.8) is 0 Å². The minimum Gasteiger partial charge on any atom is -0.496 e. The van der Waals surface area contributed by atoms with Crippen molar-refractivity contribution in [3.05, 3.63) is 64.7 Å². The van der Waals surface area contributed by atoms with Gasteiger partial charge >= 0.3 is 0 Å². The Morgan fingerprint density at radius 3 is 2.15 bits per heavy atom. The van der Waals surface area contributed by atoms with E-state index in [0.29, 0.717) is 38.2 Å². The second-order valence-electron chi connectivity index (χ2n) is 7.02. The highest BCUT2D eigenvalue weighted by Crippen LogP contribution is 2.19. The third-order valence-electron chi connectivity index (χ3n) is 5.03. The second kappa shape index (κ2) is 8.25. The van der Waals surface area contributed by atoms with Gasteiger partial charge in [0.2, 0.25) is 5.91 Å². The van der Waals surface area contributed by atoms with Crippen LogP contribution in [0, 0.1) is 13.8 Å². The summed E-state index contributed by atoms with van der Waals surface area (Å²) in [5.41, 5.74) is 3.84. The average molecular weight is 366 g/mol. The number of piperazine rings is 1. The van der Waals surface area contributed by atoms with E-state index < -0.39 is 0 Å². The van der Waals surface area contributed by atoms with Crippen molar-refractivity contribution in [3.8, 4) is 5.75 Å². The Kier molecular flexibility index (Phi) is 5.79. The predicted octanol–water partition coefficient (Wildman–Crippen LogP) is 2.84. The normalized spacial score (nSPS) is 14.2. The van der Waals surface area contributed by atoms with Crippen molar-refractivity contribution in [1.29, 1.82) is 0 Å². The molecule has 0 N–H and O–H groups in total. The molecule has 0 aromatic heterocycles. The van der Waals surface area contributed by atoms with Crippen LogP contribution in [0.2, 0.25) is 0 Å². The van der Waals surface area contributed by atoms with Gasteiger partial charge in [-0.15, -0.1) is 0 Å². The number of methoxy groups -OCH3 is 1. The number of amides is 2. The van der Waals surface area contributed by atoms with Crippen LogP contribution in [0.1, 0.15) is 27.0 Å². The van der Waals surface area contributed by atoms with E-state index in [-0.39, 0.29) is 11.8 Å². The molecule has 142 valence electrons. The first-order valence-corrected chi connectivity index (χ1v) is 9.25. The minimum atomic E-state index is 0.0351. The Hall–Kier alpha value is -2.82. The van der Waals surface area contributed by atoms with Crippen molar-refractivity contribution in [1.82, 2.24) is 9.80 Å². The average Bonchev–Trinajstić information content (AvgIpc) is 2.68. The Morgan fingerprint density at radius 1 is 0.926 bits per heavy atom. The van der Waals surface area contributed by atoms with Crippen molar-refractivity contribution in [2.24, 2.45) is 0 Å². The largest absolute Gasteiger partial charge is 0.496 e. The molecular formula is C22H26N2O3. The van der Waals surface area contributed by atoms with Gasteiger partial charge in [-0.1, -0.05) is 29.8 Å². The molecule has 27 heavy (non-hydrogen) atoms. The van der Waals surface area contributed by atoms with Crippen LogP contribution in [0.15, 0.2) is 42.5 Å². The lowest BCUT2D eigenvalue weighted by molar-refractivity contribution is -0.131. The minimum absolute atomic E-state index is 0.0351. The van der Waals surface area contributed by atoms with E-state index in [0.717, 1.165) is 22.4 Å². The molecule has 3 rings (SSSR count). The first-order valence-electron chi connectivity index (χ1n) is 9.25. The van der Waals surface area contributed by atoms with Crippen LogP contribution in [-0.4, -0.2) is 54.9 Å². The third-order valence-corrected chi connectivity index (χ3v) is 5.03. The zero-order valence-corrected chi connectivity index (χ0v) is 16.2. The molecule has 2 aromatic carbocycles. The van der Waals surface area contributed by atoms with E-state index in [9.17, 15) is 9.59 Å². The van der Waals surface area contributed by atoms with Gasteiger partial charge in [0.1, 0.15) is 5.75 Å². The fourth-order valence-electron chi connectivity index (χ4n) is 3.37. The van der Waals surface area contributed by atoms with Gasteiger partial charge in [0, 0.05) is 31.7 Å². The van der Waals surface area contributed by atoms with Gasteiger partial charge in [-0.3, -0.25) is 9.59 Å². The summed E-state index contributed by atoms with van der Waals surface area (Å²) in [5, 5.41) is 0. The molecule has 0 aliphatic carbocycles. The van der Waals surface area contributed by atoms with Gasteiger partial charge in [0.05, 0.1) is 13.5 Å². The van der Waals surface area contributed by atoms with Crippen LogP contribution in [0.4, 0.5) is 0 Å². The van der Waals surface area contributed by atoms with Crippen LogP contribution >= 0.6 is 0 Å². The SMILES string of the molecule is COc1ccc(CC(=O)N2CCN(C(=O)c3ccc(C)cc3)CC2)cc1C. The van der Waals surface area contributed by atoms with Crippen LogP contribution in [0.5, 0.6) is 5.75 Å². The number of hydrogen-bond acceptors (Lipinski definition) is 3. The summed E-state index contributed by atoms with van der Waals surface area (Å²) in [6.07, 6.45) is 0.372. The lowest BCUT2D eigenvalue weighted by atomic mass is 10.1. The Bertz CT molecular complexity index is 822. The van der Waals surface area contributed by atoms with Gasteiger partial charge < -0.3 is 14.5 Å². The van der Waals surface area contributed by atoms with Crippen molar-refractivity contribution < 1.29 is 14.3 Å². The Labute approximate surface area is 160 Å². The van der Waals surface area contributed by atoms with Crippen LogP contribution < -0.4 is 4.74 Å². The predicted molar refractivity (Wildman–Crippen MR) is 105 cm³/mol. The number of ether oxygens (including phenoxy) is 1. The second-order valence-corrected chi connectivity index (χ2v) is 7.02. The molecule has 0 saturated carbocycles. The summed E-state index contributed by atoms with van der Waals surface area (Å²) in [4.78, 5) is 28.9. The van der Waals surface area contributed by atoms with Crippen LogP contribution in [0.25, 0.3) is 0 Å². The van der Waals surface area contributed by atoms with Gasteiger partial charge in [-0.05, 0) is 43.2 Å². The maximum absolute atomic E-state index is 12.6. The topological polar surface area (TPSA) is 49.9 Å². The quantitative estimate of drug-likeness (QED) is 0.836. The molecule has 2 amide bonds. The van der Waals surface area contributed by atoms with Gasteiger partial charge in [0.25, 0.3) is 5.91 Å². The van der Waals surface area contributed by atoms with Gasteiger partial charge in [0.15, 0.2) is 0 Å². The number of benzene rings is 2. The molecule has 1 aliphatic heterocycles. The summed E-state index contributed by atoms with van der Waals surface area (Å²) < 4.78 is 5.27. The van der Waals surface area contributed by atoms with E-state index in [1.807, 2.05) is 66.1 Å². The highest BCUT2D eigenvalue weighted by molar-refractivity contribution is 5.94. The van der Waals surface area contributed by atoms with E-state index in [4.69, 9.17) is 4.74 Å². The Morgan fingerprint density at radius 2 is 1.56 bits per heavy atom.